The van der Waals surface area contributed by atoms with Gasteiger partial charge in [0.2, 0.25) is 35.4 Å². The van der Waals surface area contributed by atoms with Crippen molar-refractivity contribution in [1.29, 1.82) is 0 Å². The molecule has 67 heavy (non-hydrogen) atoms. The fraction of sp³-hybridized carbons (Fsp3) is 0.438. The highest BCUT2D eigenvalue weighted by molar-refractivity contribution is 6.00. The van der Waals surface area contributed by atoms with Crippen molar-refractivity contribution in [2.75, 3.05) is 14.2 Å². The smallest absolute Gasteiger partial charge is 0.326 e. The molecule has 1 fully saturated rings. The van der Waals surface area contributed by atoms with Crippen LogP contribution < -0.4 is 31.9 Å². The average molecular weight is 930 g/mol. The molecule has 9 atom stereocenters. The third-order valence-electron chi connectivity index (χ3n) is 11.3. The van der Waals surface area contributed by atoms with Crippen LogP contribution in [-0.2, 0) is 60.7 Å². The molecule has 0 unspecified atom stereocenters. The Morgan fingerprint density at radius 3 is 1.91 bits per heavy atom. The van der Waals surface area contributed by atoms with Crippen molar-refractivity contribution >= 4 is 53.3 Å². The lowest BCUT2D eigenvalue weighted by Gasteiger charge is -2.26. The maximum Gasteiger partial charge on any atom is 0.326 e. The number of carbonyl (C=O) groups excluding carboxylic acids is 7. The van der Waals surface area contributed by atoms with E-state index in [0.717, 1.165) is 16.0 Å². The number of carboxylic acid groups (broad SMARTS) is 2. The zero-order valence-corrected chi connectivity index (χ0v) is 38.9. The van der Waals surface area contributed by atoms with Gasteiger partial charge in [-0.1, -0.05) is 105 Å². The van der Waals surface area contributed by atoms with Gasteiger partial charge in [0.1, 0.15) is 35.9 Å². The number of likely N-dealkylation sites (N-methyl/N-ethyl adjacent to an activating group) is 1. The molecule has 0 aromatic heterocycles. The van der Waals surface area contributed by atoms with Gasteiger partial charge >= 0.3 is 11.9 Å². The molecule has 0 aliphatic carbocycles. The molecule has 0 bridgehead atoms. The number of carboxylic acids is 2. The number of nitrogens with zero attached hydrogens (tertiary/aromatic N) is 1. The number of rotatable bonds is 11. The molecule has 0 spiro atoms. The molecule has 0 saturated carbocycles. The van der Waals surface area contributed by atoms with Crippen LogP contribution in [0.25, 0.3) is 0 Å². The zero-order valence-electron chi connectivity index (χ0n) is 38.9. The summed E-state index contributed by atoms with van der Waals surface area (Å²) in [6.45, 7) is 11.5. The lowest BCUT2D eigenvalue weighted by atomic mass is 9.94. The van der Waals surface area contributed by atoms with Gasteiger partial charge in [0.15, 0.2) is 0 Å². The topological polar surface area (TPSA) is 279 Å². The molecule has 8 N–H and O–H groups in total. The molecular weight excluding hydrogens is 867 g/mol. The number of hydrogen-bond acceptors (Lipinski definition) is 10. The van der Waals surface area contributed by atoms with Crippen LogP contribution in [0, 0.1) is 11.8 Å². The molecule has 0 radical (unpaired) electrons. The van der Waals surface area contributed by atoms with Crippen LogP contribution in [0.3, 0.4) is 0 Å². The molecule has 19 nitrogen and oxygen atoms in total. The van der Waals surface area contributed by atoms with Crippen molar-refractivity contribution < 1.29 is 58.1 Å². The first-order valence-corrected chi connectivity index (χ1v) is 21.8. The quantitative estimate of drug-likeness (QED) is 0.118. The normalized spacial score (nSPS) is 25.0. The number of methoxy groups -OCH3 is 1. The van der Waals surface area contributed by atoms with Crippen LogP contribution >= 0.6 is 0 Å². The Morgan fingerprint density at radius 1 is 0.776 bits per heavy atom. The SMILES string of the molecule is C=C1C(=O)N[C@@H](C)C(=O)N[C@H](Cc2ccccc2)C(=O)N[C@@H](C(=O)O)CC(=O)N[C@@H](C)C(=O)N[C@H](/C=C/C(C)=C/[C@@H](C)[C@@H](Cc2ccccc2)OC)[C@@H](C)C(=O)N[C@H](C(=O)O)CCC(=O)N1C. The van der Waals surface area contributed by atoms with E-state index in [-0.39, 0.29) is 18.4 Å². The van der Waals surface area contributed by atoms with Crippen LogP contribution in [0.2, 0.25) is 0 Å². The first-order valence-electron chi connectivity index (χ1n) is 21.8. The minimum absolute atomic E-state index is 0.0905. The maximum atomic E-state index is 13.7. The predicted molar refractivity (Wildman–Crippen MR) is 246 cm³/mol. The summed E-state index contributed by atoms with van der Waals surface area (Å²) < 4.78 is 5.78. The number of hydrogen-bond donors (Lipinski definition) is 8. The number of carbonyl (C=O) groups is 9. The summed E-state index contributed by atoms with van der Waals surface area (Å²) in [4.78, 5) is 120. The van der Waals surface area contributed by atoms with E-state index in [0.29, 0.717) is 12.0 Å². The van der Waals surface area contributed by atoms with Gasteiger partial charge < -0.3 is 51.8 Å². The fourth-order valence-electron chi connectivity index (χ4n) is 6.98. The molecule has 362 valence electrons. The van der Waals surface area contributed by atoms with E-state index in [1.54, 1.807) is 43.5 Å². The predicted octanol–water partition coefficient (Wildman–Crippen LogP) is 1.54. The molecule has 1 saturated heterocycles. The van der Waals surface area contributed by atoms with Crippen LogP contribution in [0.1, 0.15) is 65.0 Å². The van der Waals surface area contributed by atoms with Gasteiger partial charge in [0, 0.05) is 32.9 Å². The molecule has 3 rings (SSSR count). The number of ether oxygens (including phenoxy) is 1. The van der Waals surface area contributed by atoms with Crippen molar-refractivity contribution in [3.8, 4) is 0 Å². The molecular formula is C48H63N7O12. The molecule has 1 aliphatic rings. The Morgan fingerprint density at radius 2 is 1.33 bits per heavy atom. The standard InChI is InChI=1S/C48H63N7O12/c1-27(23-28(2)39(67-8)25-34-17-13-10-14-18-34)19-20-35-29(3)42(58)52-36(47(63)64)21-22-41(57)55(7)32(6)45(61)50-31(5)44(60)53-37(24-33-15-11-9-12-16-33)46(62)54-38(48(65)66)26-40(56)49-30(4)43(59)51-35/h9-20,23,28-31,35-39H,6,21-22,24-26H2,1-5,7-8H3,(H,49,56)(H,50,61)(H,51,59)(H,52,58)(H,53,60)(H,54,62)(H,63,64)(H,65,66)/b20-19+,27-23+/t28-,29-,30+,31+,35-,36+,37-,38-,39-/m1/s1. The molecule has 1 heterocycles. The minimum atomic E-state index is -1.83. The molecule has 2 aromatic rings. The van der Waals surface area contributed by atoms with Gasteiger partial charge in [-0.2, -0.15) is 0 Å². The van der Waals surface area contributed by atoms with Crippen LogP contribution in [0.5, 0.6) is 0 Å². The lowest BCUT2D eigenvalue weighted by molar-refractivity contribution is -0.144. The Kier molecular flexibility index (Phi) is 21.1. The van der Waals surface area contributed by atoms with E-state index in [9.17, 15) is 53.4 Å². The fourth-order valence-corrected chi connectivity index (χ4v) is 6.98. The summed E-state index contributed by atoms with van der Waals surface area (Å²) in [7, 11) is 2.83. The van der Waals surface area contributed by atoms with E-state index in [1.807, 2.05) is 50.3 Å². The van der Waals surface area contributed by atoms with Crippen molar-refractivity contribution in [3.63, 3.8) is 0 Å². The van der Waals surface area contributed by atoms with Crippen molar-refractivity contribution in [3.05, 3.63) is 108 Å². The van der Waals surface area contributed by atoms with Crippen molar-refractivity contribution in [2.24, 2.45) is 11.8 Å². The van der Waals surface area contributed by atoms with E-state index in [4.69, 9.17) is 4.74 Å². The van der Waals surface area contributed by atoms with Gasteiger partial charge in [-0.25, -0.2) is 9.59 Å². The number of aliphatic carboxylic acids is 2. The summed E-state index contributed by atoms with van der Waals surface area (Å²) in [6.07, 6.45) is 3.75. The molecule has 1 aliphatic heterocycles. The largest absolute Gasteiger partial charge is 0.480 e. The van der Waals surface area contributed by atoms with Gasteiger partial charge in [-0.05, 0) is 44.7 Å². The van der Waals surface area contributed by atoms with Crippen LogP contribution in [0.15, 0.2) is 96.7 Å². The van der Waals surface area contributed by atoms with E-state index in [1.165, 1.54) is 33.9 Å². The first-order chi connectivity index (χ1) is 31.6. The monoisotopic (exact) mass is 929 g/mol. The summed E-state index contributed by atoms with van der Waals surface area (Å²) in [5.74, 6) is -10.4. The second kappa shape index (κ2) is 26.1. The molecule has 19 heteroatoms. The second-order valence-corrected chi connectivity index (χ2v) is 16.6. The minimum Gasteiger partial charge on any atom is -0.480 e. The van der Waals surface area contributed by atoms with Crippen molar-refractivity contribution in [1.82, 2.24) is 36.8 Å². The van der Waals surface area contributed by atoms with Gasteiger partial charge in [0.05, 0.1) is 24.5 Å². The Balaban J connectivity index is 1.99. The number of benzene rings is 2. The third kappa shape index (κ3) is 17.3. The summed E-state index contributed by atoms with van der Waals surface area (Å²) in [6, 6.07) is 9.63. The Bertz CT molecular complexity index is 2180. The highest BCUT2D eigenvalue weighted by Crippen LogP contribution is 2.18. The van der Waals surface area contributed by atoms with Gasteiger partial charge in [-0.15, -0.1) is 0 Å². The number of nitrogens with one attached hydrogen (secondary N) is 6. The van der Waals surface area contributed by atoms with Crippen LogP contribution in [0.4, 0.5) is 0 Å². The summed E-state index contributed by atoms with van der Waals surface area (Å²) >= 11 is 0. The number of amides is 7. The van der Waals surface area contributed by atoms with Crippen molar-refractivity contribution in [2.45, 2.75) is 109 Å². The van der Waals surface area contributed by atoms with E-state index in [2.05, 4.69) is 38.5 Å². The zero-order chi connectivity index (χ0) is 50.0. The lowest BCUT2D eigenvalue weighted by Crippen LogP contribution is -2.57. The highest BCUT2D eigenvalue weighted by Gasteiger charge is 2.33. The van der Waals surface area contributed by atoms with Gasteiger partial charge in [0.25, 0.3) is 5.91 Å². The second-order valence-electron chi connectivity index (χ2n) is 16.6. The van der Waals surface area contributed by atoms with E-state index < -0.39 is 120 Å². The summed E-state index contributed by atoms with van der Waals surface area (Å²) in [5, 5.41) is 34.8. The molecule has 7 amide bonds. The molecule has 2 aromatic carbocycles. The van der Waals surface area contributed by atoms with E-state index >= 15 is 0 Å². The highest BCUT2D eigenvalue weighted by atomic mass is 16.5. The van der Waals surface area contributed by atoms with Gasteiger partial charge in [-0.3, -0.25) is 33.6 Å². The Labute approximate surface area is 390 Å². The maximum absolute atomic E-state index is 13.7. The third-order valence-corrected chi connectivity index (χ3v) is 11.3. The first kappa shape index (κ1) is 54.2. The Hall–Kier alpha value is -7.15. The van der Waals surface area contributed by atoms with Crippen LogP contribution in [-0.4, -0.2) is 125 Å². The summed E-state index contributed by atoms with van der Waals surface area (Å²) in [5.41, 5.74) is 1.98. The average Bonchev–Trinajstić information content (AvgIpc) is 3.29. The number of allylic oxidation sites excluding steroid dienone is 2.